The van der Waals surface area contributed by atoms with Gasteiger partial charge in [0, 0.05) is 6.54 Å². The molecule has 5 nitrogen and oxygen atoms in total. The van der Waals surface area contributed by atoms with Crippen LogP contribution in [0.5, 0.6) is 0 Å². The Hall–Kier alpha value is -1.88. The van der Waals surface area contributed by atoms with Gasteiger partial charge in [0.2, 0.25) is 11.8 Å². The smallest absolute Gasteiger partial charge is 0.240 e. The highest BCUT2D eigenvalue weighted by Crippen LogP contribution is 2.31. The number of nitrogens with one attached hydrogen (secondary N) is 2. The van der Waals surface area contributed by atoms with Crippen LogP contribution in [-0.2, 0) is 16.1 Å². The fraction of sp³-hybridized carbons (Fsp3) is 0.385. The van der Waals surface area contributed by atoms with Crippen LogP contribution in [0.1, 0.15) is 18.4 Å². The van der Waals surface area contributed by atoms with Crippen molar-refractivity contribution >= 4 is 11.8 Å². The van der Waals surface area contributed by atoms with Crippen molar-refractivity contribution in [1.82, 2.24) is 10.6 Å². The zero-order valence-corrected chi connectivity index (χ0v) is 10.1. The van der Waals surface area contributed by atoms with Crippen LogP contribution in [0.4, 0.5) is 0 Å². The third kappa shape index (κ3) is 3.30. The highest BCUT2D eigenvalue weighted by molar-refractivity contribution is 5.92. The van der Waals surface area contributed by atoms with E-state index in [4.69, 9.17) is 5.73 Å². The molecule has 96 valence electrons. The Bertz CT molecular complexity index is 441. The van der Waals surface area contributed by atoms with Crippen LogP contribution in [-0.4, -0.2) is 23.9 Å². The molecule has 2 rings (SSSR count). The lowest BCUT2D eigenvalue weighted by atomic mass is 10.2. The Labute approximate surface area is 106 Å². The van der Waals surface area contributed by atoms with Crippen LogP contribution in [0.3, 0.4) is 0 Å². The van der Waals surface area contributed by atoms with E-state index in [1.807, 2.05) is 30.3 Å². The van der Waals surface area contributed by atoms with E-state index >= 15 is 0 Å². The molecule has 5 heteroatoms. The molecule has 4 N–H and O–H groups in total. The number of benzene rings is 1. The van der Waals surface area contributed by atoms with Gasteiger partial charge in [-0.2, -0.15) is 0 Å². The third-order valence-electron chi connectivity index (χ3n) is 2.98. The molecule has 0 radical (unpaired) electrons. The van der Waals surface area contributed by atoms with E-state index in [0.29, 0.717) is 19.4 Å². The lowest BCUT2D eigenvalue weighted by Crippen LogP contribution is -2.46. The Kier molecular flexibility index (Phi) is 3.62. The van der Waals surface area contributed by atoms with Crippen molar-refractivity contribution in [2.75, 3.05) is 6.54 Å². The van der Waals surface area contributed by atoms with Gasteiger partial charge >= 0.3 is 0 Å². The van der Waals surface area contributed by atoms with Gasteiger partial charge in [-0.15, -0.1) is 0 Å². The summed E-state index contributed by atoms with van der Waals surface area (Å²) in [5, 5.41) is 5.28. The molecule has 0 heterocycles. The molecule has 1 saturated carbocycles. The van der Waals surface area contributed by atoms with Crippen LogP contribution in [0, 0.1) is 0 Å². The van der Waals surface area contributed by atoms with Crippen LogP contribution in [0.2, 0.25) is 0 Å². The molecule has 0 aliphatic heterocycles. The number of nitrogens with two attached hydrogens (primary N) is 1. The van der Waals surface area contributed by atoms with Crippen molar-refractivity contribution in [2.24, 2.45) is 5.73 Å². The van der Waals surface area contributed by atoms with Crippen molar-refractivity contribution in [3.63, 3.8) is 0 Å². The minimum Gasteiger partial charge on any atom is -0.350 e. The summed E-state index contributed by atoms with van der Waals surface area (Å²) in [6, 6.07) is 9.60. The lowest BCUT2D eigenvalue weighted by molar-refractivity contribution is -0.127. The van der Waals surface area contributed by atoms with Gasteiger partial charge in [0.15, 0.2) is 0 Å². The minimum atomic E-state index is -0.723. The van der Waals surface area contributed by atoms with Gasteiger partial charge in [-0.25, -0.2) is 0 Å². The number of carbonyl (C=O) groups excluding carboxylic acids is 2. The largest absolute Gasteiger partial charge is 0.350 e. The molecule has 1 aliphatic carbocycles. The van der Waals surface area contributed by atoms with Crippen LogP contribution in [0.25, 0.3) is 0 Å². The first kappa shape index (κ1) is 12.6. The molecule has 0 atom stereocenters. The first-order valence-corrected chi connectivity index (χ1v) is 5.98. The molecule has 0 spiro atoms. The zero-order chi connectivity index (χ0) is 13.0. The summed E-state index contributed by atoms with van der Waals surface area (Å²) in [4.78, 5) is 23.0. The average molecular weight is 247 g/mol. The fourth-order valence-electron chi connectivity index (χ4n) is 1.56. The molecule has 1 aromatic rings. The molecule has 1 aromatic carbocycles. The van der Waals surface area contributed by atoms with E-state index in [0.717, 1.165) is 5.56 Å². The topological polar surface area (TPSA) is 84.2 Å². The number of rotatable bonds is 5. The quantitative estimate of drug-likeness (QED) is 0.680. The molecule has 0 aromatic heterocycles. The van der Waals surface area contributed by atoms with E-state index in [-0.39, 0.29) is 18.4 Å². The van der Waals surface area contributed by atoms with E-state index in [9.17, 15) is 9.59 Å². The molecule has 1 fully saturated rings. The van der Waals surface area contributed by atoms with E-state index < -0.39 is 5.54 Å². The van der Waals surface area contributed by atoms with Crippen molar-refractivity contribution in [3.05, 3.63) is 35.9 Å². The van der Waals surface area contributed by atoms with Gasteiger partial charge in [0.1, 0.15) is 0 Å². The van der Waals surface area contributed by atoms with Crippen LogP contribution >= 0.6 is 0 Å². The summed E-state index contributed by atoms with van der Waals surface area (Å²) in [6.45, 7) is 0.438. The molecule has 0 unspecified atom stereocenters. The van der Waals surface area contributed by atoms with Crippen molar-refractivity contribution in [2.45, 2.75) is 24.9 Å². The van der Waals surface area contributed by atoms with Crippen molar-refractivity contribution in [1.29, 1.82) is 0 Å². The second kappa shape index (κ2) is 5.18. The number of carbonyl (C=O) groups is 2. The van der Waals surface area contributed by atoms with Gasteiger partial charge < -0.3 is 16.4 Å². The average Bonchev–Trinajstić information content (AvgIpc) is 3.14. The first-order valence-electron chi connectivity index (χ1n) is 5.98. The Morgan fingerprint density at radius 2 is 1.83 bits per heavy atom. The van der Waals surface area contributed by atoms with Crippen molar-refractivity contribution < 1.29 is 9.59 Å². The predicted octanol–water partition coefficient (Wildman–Crippen LogP) is -0.0897. The highest BCUT2D eigenvalue weighted by Gasteiger charge is 2.45. The standard InChI is InChI=1S/C13H17N3O2/c14-13(6-7-13)12(18)16-9-11(17)15-8-10-4-2-1-3-5-10/h1-5H,6-9,14H2,(H,15,17)(H,16,18). The number of hydrogen-bond acceptors (Lipinski definition) is 3. The molecular weight excluding hydrogens is 230 g/mol. The zero-order valence-electron chi connectivity index (χ0n) is 10.1. The first-order chi connectivity index (χ1) is 8.60. The molecule has 1 aliphatic rings. The maximum Gasteiger partial charge on any atom is 0.240 e. The molecule has 18 heavy (non-hydrogen) atoms. The minimum absolute atomic E-state index is 0.0232. The molecule has 2 amide bonds. The summed E-state index contributed by atoms with van der Waals surface area (Å²) in [6.07, 6.45) is 1.40. The summed E-state index contributed by atoms with van der Waals surface area (Å²) >= 11 is 0. The third-order valence-corrected chi connectivity index (χ3v) is 2.98. The van der Waals surface area contributed by atoms with E-state index in [1.54, 1.807) is 0 Å². The predicted molar refractivity (Wildman–Crippen MR) is 67.5 cm³/mol. The van der Waals surface area contributed by atoms with Gasteiger partial charge in [-0.3, -0.25) is 9.59 Å². The van der Waals surface area contributed by atoms with Gasteiger partial charge in [-0.1, -0.05) is 30.3 Å². The molecular formula is C13H17N3O2. The summed E-state index contributed by atoms with van der Waals surface area (Å²) in [7, 11) is 0. The molecule has 0 saturated heterocycles. The normalized spacial score (nSPS) is 15.8. The maximum atomic E-state index is 11.5. The Morgan fingerprint density at radius 3 is 2.44 bits per heavy atom. The van der Waals surface area contributed by atoms with Gasteiger partial charge in [-0.05, 0) is 18.4 Å². The number of amides is 2. The summed E-state index contributed by atoms with van der Waals surface area (Å²) in [5.41, 5.74) is 6.00. The Morgan fingerprint density at radius 1 is 1.17 bits per heavy atom. The van der Waals surface area contributed by atoms with Crippen LogP contribution in [0.15, 0.2) is 30.3 Å². The summed E-state index contributed by atoms with van der Waals surface area (Å²) < 4.78 is 0. The maximum absolute atomic E-state index is 11.5. The Balaban J connectivity index is 1.68. The van der Waals surface area contributed by atoms with Gasteiger partial charge in [0.25, 0.3) is 0 Å². The van der Waals surface area contributed by atoms with Crippen molar-refractivity contribution in [3.8, 4) is 0 Å². The fourth-order valence-corrected chi connectivity index (χ4v) is 1.56. The number of hydrogen-bond donors (Lipinski definition) is 3. The van der Waals surface area contributed by atoms with Crippen LogP contribution < -0.4 is 16.4 Å². The summed E-state index contributed by atoms with van der Waals surface area (Å²) in [5.74, 6) is -0.450. The molecule has 0 bridgehead atoms. The monoisotopic (exact) mass is 247 g/mol. The second-order valence-corrected chi connectivity index (χ2v) is 4.60. The highest BCUT2D eigenvalue weighted by atomic mass is 16.2. The second-order valence-electron chi connectivity index (χ2n) is 4.60. The SMILES string of the molecule is NC1(C(=O)NCC(=O)NCc2ccccc2)CC1. The van der Waals surface area contributed by atoms with E-state index in [2.05, 4.69) is 10.6 Å². The van der Waals surface area contributed by atoms with Gasteiger partial charge in [0.05, 0.1) is 12.1 Å². The van der Waals surface area contributed by atoms with E-state index in [1.165, 1.54) is 0 Å². The lowest BCUT2D eigenvalue weighted by Gasteiger charge is -2.10.